The van der Waals surface area contributed by atoms with Crippen LogP contribution in [0.5, 0.6) is 0 Å². The Labute approximate surface area is 167 Å². The van der Waals surface area contributed by atoms with Crippen LogP contribution >= 0.6 is 11.6 Å². The lowest BCUT2D eigenvalue weighted by atomic mass is 10.1. The number of hydrogen-bond donors (Lipinski definition) is 1. The molecular weight excluding hydrogens is 374 g/mol. The van der Waals surface area contributed by atoms with Gasteiger partial charge in [-0.05, 0) is 36.2 Å². The van der Waals surface area contributed by atoms with Crippen molar-refractivity contribution < 1.29 is 9.21 Å². The molecule has 2 heterocycles. The minimum atomic E-state index is -0.221. The van der Waals surface area contributed by atoms with Gasteiger partial charge in [0.1, 0.15) is 11.4 Å². The molecule has 140 valence electrons. The lowest BCUT2D eigenvalue weighted by Crippen LogP contribution is -2.27. The zero-order valence-electron chi connectivity index (χ0n) is 15.0. The van der Waals surface area contributed by atoms with Crippen LogP contribution < -0.4 is 5.32 Å². The number of nitrogens with one attached hydrogen (secondary N) is 1. The van der Waals surface area contributed by atoms with Crippen LogP contribution in [0.3, 0.4) is 0 Å². The molecule has 6 heteroatoms. The summed E-state index contributed by atoms with van der Waals surface area (Å²) < 4.78 is 6.99. The topological polar surface area (TPSA) is 60.1 Å². The highest BCUT2D eigenvalue weighted by Crippen LogP contribution is 2.25. The van der Waals surface area contributed by atoms with Crippen molar-refractivity contribution in [1.82, 2.24) is 15.1 Å². The summed E-state index contributed by atoms with van der Waals surface area (Å²) in [5, 5.41) is 8.02. The molecule has 28 heavy (non-hydrogen) atoms. The average Bonchev–Trinajstić information content (AvgIpc) is 3.39. The maximum Gasteiger partial charge on any atom is 0.270 e. The Morgan fingerprint density at radius 1 is 1.04 bits per heavy atom. The highest BCUT2D eigenvalue weighted by Gasteiger charge is 2.19. The second-order valence-corrected chi connectivity index (χ2v) is 6.65. The number of amides is 1. The lowest BCUT2D eigenvalue weighted by Gasteiger charge is -2.09. The predicted molar refractivity (Wildman–Crippen MR) is 109 cm³/mol. The third-order valence-electron chi connectivity index (χ3n) is 4.34. The fourth-order valence-electron chi connectivity index (χ4n) is 2.95. The van der Waals surface area contributed by atoms with Gasteiger partial charge in [-0.15, -0.1) is 0 Å². The van der Waals surface area contributed by atoms with Crippen molar-refractivity contribution in [2.24, 2.45) is 0 Å². The van der Waals surface area contributed by atoms with E-state index in [2.05, 4.69) is 10.4 Å². The molecule has 5 nitrogen and oxygen atoms in total. The molecule has 0 aliphatic heterocycles. The predicted octanol–water partition coefficient (Wildman–Crippen LogP) is 4.76. The molecule has 0 fully saturated rings. The van der Waals surface area contributed by atoms with Gasteiger partial charge < -0.3 is 9.73 Å². The Balaban J connectivity index is 1.61. The molecule has 0 unspecified atom stereocenters. The Hall–Kier alpha value is -3.31. The van der Waals surface area contributed by atoms with Crippen LogP contribution in [0.15, 0.2) is 83.5 Å². The van der Waals surface area contributed by atoms with Crippen molar-refractivity contribution in [2.75, 3.05) is 6.54 Å². The molecule has 0 atom stereocenters. The van der Waals surface area contributed by atoms with Gasteiger partial charge in [-0.1, -0.05) is 54.1 Å². The third kappa shape index (κ3) is 3.85. The molecule has 4 aromatic rings. The Morgan fingerprint density at radius 2 is 1.82 bits per heavy atom. The van der Waals surface area contributed by atoms with E-state index in [1.807, 2.05) is 48.5 Å². The molecule has 0 aliphatic carbocycles. The van der Waals surface area contributed by atoms with E-state index < -0.39 is 0 Å². The van der Waals surface area contributed by atoms with Gasteiger partial charge in [0, 0.05) is 12.6 Å². The summed E-state index contributed by atoms with van der Waals surface area (Å²) in [6.45, 7) is 0.520. The van der Waals surface area contributed by atoms with E-state index in [0.29, 0.717) is 34.4 Å². The van der Waals surface area contributed by atoms with Gasteiger partial charge in [-0.2, -0.15) is 5.10 Å². The first kappa shape index (κ1) is 18.1. The summed E-state index contributed by atoms with van der Waals surface area (Å²) in [6, 6.07) is 22.6. The summed E-state index contributed by atoms with van der Waals surface area (Å²) in [4.78, 5) is 12.9. The standard InChI is InChI=1S/C22H18ClN3O2/c23-17-9-4-5-10-19(17)26-20(15-18(25-26)21-11-6-14-28-21)22(27)24-13-12-16-7-2-1-3-8-16/h1-11,14-15H,12-13H2,(H,24,27). The Morgan fingerprint density at radius 3 is 2.57 bits per heavy atom. The number of halogens is 1. The monoisotopic (exact) mass is 391 g/mol. The van der Waals surface area contributed by atoms with Crippen LogP contribution in [0.2, 0.25) is 5.02 Å². The Bertz CT molecular complexity index is 1070. The zero-order chi connectivity index (χ0) is 19.3. The minimum absolute atomic E-state index is 0.221. The molecule has 0 saturated carbocycles. The second kappa shape index (κ2) is 8.15. The smallest absolute Gasteiger partial charge is 0.270 e. The zero-order valence-corrected chi connectivity index (χ0v) is 15.8. The van der Waals surface area contributed by atoms with Crippen LogP contribution in [0, 0.1) is 0 Å². The number of hydrogen-bond acceptors (Lipinski definition) is 3. The van der Waals surface area contributed by atoms with Crippen molar-refractivity contribution in [3.63, 3.8) is 0 Å². The van der Waals surface area contributed by atoms with Crippen molar-refractivity contribution in [3.05, 3.63) is 95.3 Å². The van der Waals surface area contributed by atoms with Crippen molar-refractivity contribution in [2.45, 2.75) is 6.42 Å². The van der Waals surface area contributed by atoms with E-state index in [1.54, 1.807) is 35.2 Å². The first-order chi connectivity index (χ1) is 13.7. The first-order valence-electron chi connectivity index (χ1n) is 8.93. The number of furan rings is 1. The average molecular weight is 392 g/mol. The summed E-state index contributed by atoms with van der Waals surface area (Å²) in [5.74, 6) is 0.366. The Kier molecular flexibility index (Phi) is 5.26. The van der Waals surface area contributed by atoms with E-state index in [4.69, 9.17) is 16.0 Å². The molecule has 0 bridgehead atoms. The number of aromatic nitrogens is 2. The van der Waals surface area contributed by atoms with Gasteiger partial charge in [0.25, 0.3) is 5.91 Å². The molecule has 0 saturated heterocycles. The second-order valence-electron chi connectivity index (χ2n) is 6.25. The quantitative estimate of drug-likeness (QED) is 0.515. The third-order valence-corrected chi connectivity index (χ3v) is 4.66. The van der Waals surface area contributed by atoms with Crippen LogP contribution in [-0.2, 0) is 6.42 Å². The normalized spacial score (nSPS) is 10.8. The number of carbonyl (C=O) groups is 1. The van der Waals surface area contributed by atoms with E-state index in [1.165, 1.54) is 5.56 Å². The van der Waals surface area contributed by atoms with E-state index in [0.717, 1.165) is 6.42 Å². The molecule has 2 aromatic carbocycles. The summed E-state index contributed by atoms with van der Waals surface area (Å²) >= 11 is 6.34. The van der Waals surface area contributed by atoms with Gasteiger partial charge in [-0.3, -0.25) is 4.79 Å². The van der Waals surface area contributed by atoms with Crippen LogP contribution in [0.1, 0.15) is 16.1 Å². The summed E-state index contributed by atoms with van der Waals surface area (Å²) in [5.41, 5.74) is 2.76. The molecule has 4 rings (SSSR count). The summed E-state index contributed by atoms with van der Waals surface area (Å²) in [7, 11) is 0. The lowest BCUT2D eigenvalue weighted by molar-refractivity contribution is 0.0946. The van der Waals surface area contributed by atoms with Crippen molar-refractivity contribution in [1.29, 1.82) is 0 Å². The van der Waals surface area contributed by atoms with Crippen LogP contribution in [0.4, 0.5) is 0 Å². The van der Waals surface area contributed by atoms with E-state index >= 15 is 0 Å². The molecular formula is C22H18ClN3O2. The van der Waals surface area contributed by atoms with E-state index in [-0.39, 0.29) is 5.91 Å². The molecule has 0 spiro atoms. The van der Waals surface area contributed by atoms with Crippen LogP contribution in [-0.4, -0.2) is 22.2 Å². The van der Waals surface area contributed by atoms with Gasteiger partial charge >= 0.3 is 0 Å². The maximum absolute atomic E-state index is 12.9. The van der Waals surface area contributed by atoms with E-state index in [9.17, 15) is 4.79 Å². The molecule has 0 aliphatic rings. The molecule has 0 radical (unpaired) electrons. The fourth-order valence-corrected chi connectivity index (χ4v) is 3.17. The number of carbonyl (C=O) groups excluding carboxylic acids is 1. The van der Waals surface area contributed by atoms with Crippen LogP contribution in [0.25, 0.3) is 17.1 Å². The number of nitrogens with zero attached hydrogens (tertiary/aromatic N) is 2. The first-order valence-corrected chi connectivity index (χ1v) is 9.31. The molecule has 1 N–H and O–H groups in total. The highest BCUT2D eigenvalue weighted by molar-refractivity contribution is 6.32. The minimum Gasteiger partial charge on any atom is -0.463 e. The number of para-hydroxylation sites is 1. The summed E-state index contributed by atoms with van der Waals surface area (Å²) in [6.07, 6.45) is 2.32. The maximum atomic E-state index is 12.9. The number of rotatable bonds is 6. The highest BCUT2D eigenvalue weighted by atomic mass is 35.5. The van der Waals surface area contributed by atoms with Gasteiger partial charge in [0.05, 0.1) is 17.0 Å². The SMILES string of the molecule is O=C(NCCc1ccccc1)c1cc(-c2ccco2)nn1-c1ccccc1Cl. The van der Waals surface area contributed by atoms with Gasteiger partial charge in [0.15, 0.2) is 5.76 Å². The van der Waals surface area contributed by atoms with Gasteiger partial charge in [0.2, 0.25) is 0 Å². The molecule has 2 aromatic heterocycles. The number of benzene rings is 2. The largest absolute Gasteiger partial charge is 0.463 e. The molecule has 1 amide bonds. The van der Waals surface area contributed by atoms with Crippen molar-refractivity contribution >= 4 is 17.5 Å². The van der Waals surface area contributed by atoms with Gasteiger partial charge in [-0.25, -0.2) is 4.68 Å². The fraction of sp³-hybridized carbons (Fsp3) is 0.0909. The van der Waals surface area contributed by atoms with Crippen molar-refractivity contribution in [3.8, 4) is 17.1 Å².